The number of carbonyl (C=O) groups is 6. The van der Waals surface area contributed by atoms with Crippen molar-refractivity contribution in [1.29, 1.82) is 0 Å². The molecular formula is C51H49Cl2N5O8P2. The lowest BCUT2D eigenvalue weighted by Crippen LogP contribution is -2.31. The molecule has 68 heavy (non-hydrogen) atoms. The lowest BCUT2D eigenvalue weighted by Gasteiger charge is -2.18. The zero-order valence-electron chi connectivity index (χ0n) is 36.9. The van der Waals surface area contributed by atoms with Crippen molar-refractivity contribution in [3.05, 3.63) is 125 Å². The molecular weight excluding hydrogens is 943 g/mol. The largest absolute Gasteiger partial charge is 0.480 e. The van der Waals surface area contributed by atoms with Crippen molar-refractivity contribution >= 4 is 128 Å². The number of nitrogens with zero attached hydrogens (tertiary/aromatic N) is 3. The molecule has 6 amide bonds. The Bertz CT molecular complexity index is 2910. The number of alkyl halides is 2. The Morgan fingerprint density at radius 1 is 0.662 bits per heavy atom. The Morgan fingerprint density at radius 2 is 1.21 bits per heavy atom. The summed E-state index contributed by atoms with van der Waals surface area (Å²) in [6.45, 7) is 1.13. The number of benzene rings is 5. The number of fused-ring (bicyclic) bond motifs is 6. The molecule has 8 rings (SSSR count). The van der Waals surface area contributed by atoms with Crippen molar-refractivity contribution in [3.63, 3.8) is 0 Å². The minimum absolute atomic E-state index is 0.0379. The number of imide groups is 1. The number of nitrogens with one attached hydrogen (secondary N) is 2. The standard InChI is InChI=1S/C51H49Cl2N5O8P2/c52-27-33-29-57(40-25-42(65-67)35-8-3-5-10-37(35)50(33)40)48(63)17-14-31-13-15-32(16-18-49(64)58-30-34(28-53)51-38-11-6-4-9-36(38)43(66-68)26-41(51)58)39(24-31)55-45(60)21-22-54-44(59)12-2-1-7-23-56-46(61)19-20-47(56)62/h3-6,8-11,13-20,24-26,33-34H,1-2,7,12,21-23,27-30,67-68H2,(H,54,59)(H,55,60)/t33-,34-/m1/s1. The van der Waals surface area contributed by atoms with Crippen LogP contribution in [0, 0.1) is 0 Å². The average molecular weight is 993 g/mol. The van der Waals surface area contributed by atoms with Gasteiger partial charge in [0.1, 0.15) is 11.5 Å². The number of unbranched alkanes of at least 4 members (excludes halogenated alkanes) is 2. The third kappa shape index (κ3) is 10.3. The molecule has 17 heteroatoms. The van der Waals surface area contributed by atoms with Gasteiger partial charge in [-0.25, -0.2) is 0 Å². The fourth-order valence-corrected chi connectivity index (χ4v) is 10.0. The molecule has 0 spiro atoms. The average Bonchev–Trinajstić information content (AvgIpc) is 4.03. The molecule has 0 aliphatic carbocycles. The highest BCUT2D eigenvalue weighted by Crippen LogP contribution is 2.47. The van der Waals surface area contributed by atoms with Crippen LogP contribution in [0.1, 0.15) is 66.2 Å². The molecule has 0 saturated heterocycles. The summed E-state index contributed by atoms with van der Waals surface area (Å²) in [7, 11) is 4.56. The van der Waals surface area contributed by atoms with Gasteiger partial charge in [0.15, 0.2) is 0 Å². The smallest absolute Gasteiger partial charge is 0.253 e. The van der Waals surface area contributed by atoms with Gasteiger partial charge in [-0.05, 0) is 64.1 Å². The van der Waals surface area contributed by atoms with Crippen LogP contribution < -0.4 is 29.5 Å². The molecule has 0 saturated carbocycles. The highest BCUT2D eigenvalue weighted by Gasteiger charge is 2.35. The molecule has 0 radical (unpaired) electrons. The first-order valence-electron chi connectivity index (χ1n) is 22.2. The zero-order chi connectivity index (χ0) is 47.9. The number of rotatable bonds is 18. The van der Waals surface area contributed by atoms with Crippen molar-refractivity contribution in [1.82, 2.24) is 10.2 Å². The van der Waals surface area contributed by atoms with Gasteiger partial charge in [0, 0.05) is 116 Å². The Kier molecular flexibility index (Phi) is 15.6. The Hall–Kier alpha value is -6.10. The number of carbonyl (C=O) groups excluding carboxylic acids is 6. The highest BCUT2D eigenvalue weighted by molar-refractivity contribution is 7.10. The van der Waals surface area contributed by atoms with Crippen LogP contribution in [0.5, 0.6) is 11.5 Å². The number of halogens is 2. The van der Waals surface area contributed by atoms with Crippen LogP contribution in [0.3, 0.4) is 0 Å². The first kappa shape index (κ1) is 48.4. The molecule has 0 fully saturated rings. The molecule has 0 aromatic heterocycles. The third-order valence-corrected chi connectivity index (χ3v) is 13.7. The van der Waals surface area contributed by atoms with E-state index >= 15 is 0 Å². The first-order valence-corrected chi connectivity index (χ1v) is 24.2. The van der Waals surface area contributed by atoms with Crippen LogP contribution in [-0.4, -0.2) is 78.3 Å². The summed E-state index contributed by atoms with van der Waals surface area (Å²) in [6.07, 6.45) is 10.7. The number of hydrogen-bond acceptors (Lipinski definition) is 8. The fraction of sp³-hybridized carbons (Fsp3) is 0.255. The van der Waals surface area contributed by atoms with E-state index in [0.717, 1.165) is 38.4 Å². The lowest BCUT2D eigenvalue weighted by molar-refractivity contribution is -0.137. The van der Waals surface area contributed by atoms with E-state index in [1.807, 2.05) is 60.7 Å². The quantitative estimate of drug-likeness (QED) is 0.0290. The van der Waals surface area contributed by atoms with Crippen molar-refractivity contribution in [2.75, 3.05) is 53.1 Å². The van der Waals surface area contributed by atoms with E-state index < -0.39 is 0 Å². The van der Waals surface area contributed by atoms with Gasteiger partial charge in [0.25, 0.3) is 23.6 Å². The first-order chi connectivity index (χ1) is 33.0. The highest BCUT2D eigenvalue weighted by atomic mass is 35.5. The molecule has 0 bridgehead atoms. The summed E-state index contributed by atoms with van der Waals surface area (Å²) < 4.78 is 11.3. The molecule has 2 unspecified atom stereocenters. The van der Waals surface area contributed by atoms with E-state index in [2.05, 4.69) is 29.6 Å². The molecule has 4 atom stereocenters. The summed E-state index contributed by atoms with van der Waals surface area (Å²) in [4.78, 5) is 82.2. The summed E-state index contributed by atoms with van der Waals surface area (Å²) in [5, 5.41) is 9.50. The van der Waals surface area contributed by atoms with Crippen molar-refractivity contribution in [2.24, 2.45) is 0 Å². The van der Waals surface area contributed by atoms with Gasteiger partial charge in [-0.2, -0.15) is 0 Å². The maximum atomic E-state index is 14.1. The minimum atomic E-state index is -0.382. The van der Waals surface area contributed by atoms with Crippen LogP contribution in [0.4, 0.5) is 17.1 Å². The van der Waals surface area contributed by atoms with E-state index in [9.17, 15) is 28.8 Å². The van der Waals surface area contributed by atoms with E-state index in [4.69, 9.17) is 32.2 Å². The minimum Gasteiger partial charge on any atom is -0.480 e. The summed E-state index contributed by atoms with van der Waals surface area (Å²) in [5.41, 5.74) is 4.92. The maximum absolute atomic E-state index is 14.1. The summed E-state index contributed by atoms with van der Waals surface area (Å²) >= 11 is 13.0. The molecule has 3 aliphatic rings. The van der Waals surface area contributed by atoms with Crippen molar-refractivity contribution in [2.45, 2.75) is 43.9 Å². The second-order valence-corrected chi connectivity index (χ2v) is 17.8. The summed E-state index contributed by atoms with van der Waals surface area (Å²) in [5.74, 6) is -0.168. The molecule has 13 nitrogen and oxygen atoms in total. The van der Waals surface area contributed by atoms with E-state index in [1.54, 1.807) is 40.2 Å². The predicted octanol–water partition coefficient (Wildman–Crippen LogP) is 9.03. The van der Waals surface area contributed by atoms with Crippen LogP contribution >= 0.6 is 42.1 Å². The second kappa shape index (κ2) is 21.9. The maximum Gasteiger partial charge on any atom is 0.253 e. The SMILES string of the molecule is O=C(CCCCCN1C(=O)C=CC1=O)NCCC(=O)Nc1cc(C=CC(=O)N2C[C@@H](CCl)c3c2cc(OP)c2ccccc32)ccc1C=CC(=O)N1C[C@@H](CCl)c2c1cc(OP)c1ccccc21. The third-order valence-electron chi connectivity index (χ3n) is 12.5. The monoisotopic (exact) mass is 991 g/mol. The number of anilines is 3. The Labute approximate surface area is 408 Å². The number of hydrogen-bond donors (Lipinski definition) is 2. The van der Waals surface area contributed by atoms with E-state index in [0.29, 0.717) is 84.7 Å². The molecule has 3 heterocycles. The van der Waals surface area contributed by atoms with Crippen LogP contribution in [0.2, 0.25) is 0 Å². The van der Waals surface area contributed by atoms with Gasteiger partial charge >= 0.3 is 0 Å². The second-order valence-electron chi connectivity index (χ2n) is 16.7. The van der Waals surface area contributed by atoms with Gasteiger partial charge < -0.3 is 29.5 Å². The molecule has 3 aliphatic heterocycles. The fourth-order valence-electron chi connectivity index (χ4n) is 9.13. The number of amides is 6. The van der Waals surface area contributed by atoms with Gasteiger partial charge in [-0.1, -0.05) is 67.1 Å². The molecule has 5 aromatic rings. The Morgan fingerprint density at radius 3 is 1.75 bits per heavy atom. The Balaban J connectivity index is 0.983. The van der Waals surface area contributed by atoms with E-state index in [-0.39, 0.29) is 66.7 Å². The van der Waals surface area contributed by atoms with Gasteiger partial charge in [0.05, 0.1) is 30.3 Å². The summed E-state index contributed by atoms with van der Waals surface area (Å²) in [6, 6.07) is 24.7. The zero-order valence-corrected chi connectivity index (χ0v) is 40.7. The topological polar surface area (TPSA) is 155 Å². The van der Waals surface area contributed by atoms with Crippen LogP contribution in [0.25, 0.3) is 33.7 Å². The van der Waals surface area contributed by atoms with E-state index in [1.165, 1.54) is 29.2 Å². The lowest BCUT2D eigenvalue weighted by atomic mass is 9.95. The van der Waals surface area contributed by atoms with Gasteiger partial charge in [0.2, 0.25) is 11.8 Å². The normalized spacial score (nSPS) is 16.4. The molecule has 350 valence electrons. The van der Waals surface area contributed by atoms with Crippen LogP contribution in [-0.2, 0) is 28.8 Å². The van der Waals surface area contributed by atoms with Crippen molar-refractivity contribution in [3.8, 4) is 11.5 Å². The molecule has 2 N–H and O–H groups in total. The van der Waals surface area contributed by atoms with Crippen molar-refractivity contribution < 1.29 is 37.8 Å². The van der Waals surface area contributed by atoms with Gasteiger partial charge in [-0.15, -0.1) is 23.2 Å². The predicted molar refractivity (Wildman–Crippen MR) is 275 cm³/mol. The van der Waals surface area contributed by atoms with Crippen LogP contribution in [0.15, 0.2) is 103 Å². The molecule has 5 aromatic carbocycles. The van der Waals surface area contributed by atoms with Gasteiger partial charge in [-0.3, -0.25) is 33.7 Å².